The van der Waals surface area contributed by atoms with Gasteiger partial charge in [0.25, 0.3) is 0 Å². The maximum Gasteiger partial charge on any atom is 0.453 e. The first-order valence-electron chi connectivity index (χ1n) is 18.9. The summed E-state index contributed by atoms with van der Waals surface area (Å²) in [6, 6.07) is 8.69. The summed E-state index contributed by atoms with van der Waals surface area (Å²) in [5, 5.41) is 11.2. The van der Waals surface area contributed by atoms with E-state index in [1.165, 1.54) is 12.0 Å². The number of rotatable bonds is 16. The van der Waals surface area contributed by atoms with Gasteiger partial charge in [-0.3, -0.25) is 4.79 Å². The lowest BCUT2D eigenvalue weighted by atomic mass is 9.42. The SMILES string of the molecule is C[C@]12CCC(=O)CC1CC[C@@H]1[C@H]2C(c2ccc(OCCCCCCCCC[S+]([O-])CCCC(F)(F)C(F)(F)F)cc2)C[C@]2(C)C(O)CC[C@@H]12. The number of carbonyl (C=O) groups excluding carboxylic acids is 1. The second-order valence-electron chi connectivity index (χ2n) is 16.3. The Bertz CT molecular complexity index is 1230. The molecule has 0 bridgehead atoms. The van der Waals surface area contributed by atoms with Crippen LogP contribution in [0.3, 0.4) is 0 Å². The van der Waals surface area contributed by atoms with Crippen LogP contribution < -0.4 is 4.74 Å². The fourth-order valence-electron chi connectivity index (χ4n) is 10.5. The summed E-state index contributed by atoms with van der Waals surface area (Å²) in [6.07, 6.45) is 6.85. The molecule has 1 N–H and O–H groups in total. The van der Waals surface area contributed by atoms with Gasteiger partial charge in [-0.25, -0.2) is 0 Å². The van der Waals surface area contributed by atoms with E-state index in [4.69, 9.17) is 4.74 Å². The van der Waals surface area contributed by atoms with Gasteiger partial charge in [0.05, 0.1) is 12.7 Å². The van der Waals surface area contributed by atoms with Crippen LogP contribution in [0, 0.1) is 34.5 Å². The van der Waals surface area contributed by atoms with Crippen LogP contribution in [0.25, 0.3) is 0 Å². The topological polar surface area (TPSA) is 69.6 Å². The standard InChI is InChI=1S/C39H57F5O4S/c1-36-21-19-29(45)25-28(36)13-16-31-33-17-18-34(46)37(33,2)26-32(35(31)36)27-11-14-30(15-12-27)48-22-8-6-4-3-5-7-9-23-49(47)24-10-20-38(40,41)39(42,43)44/h11-12,14-15,28,31-35,46H,3-10,13,16-26H2,1-2H3/t28?,31-,32?,33-,34?,35-,36-,37-,49?/m0/s1. The number of hydrogen-bond donors (Lipinski definition) is 1. The average molecular weight is 717 g/mol. The normalized spacial score (nSPS) is 33.9. The number of aliphatic hydroxyl groups is 1. The van der Waals surface area contributed by atoms with E-state index in [9.17, 15) is 36.4 Å². The quantitative estimate of drug-likeness (QED) is 0.105. The van der Waals surface area contributed by atoms with Crippen molar-refractivity contribution in [3.63, 3.8) is 0 Å². The number of Topliss-reactive ketones (excluding diaryl/α,β-unsaturated/α-hetero) is 1. The van der Waals surface area contributed by atoms with Crippen LogP contribution in [-0.4, -0.2) is 51.8 Å². The first-order chi connectivity index (χ1) is 23.2. The molecule has 4 aliphatic rings. The molecular weight excluding hydrogens is 659 g/mol. The van der Waals surface area contributed by atoms with Gasteiger partial charge < -0.3 is 14.4 Å². The monoisotopic (exact) mass is 716 g/mol. The van der Waals surface area contributed by atoms with E-state index in [1.54, 1.807) is 0 Å². The van der Waals surface area contributed by atoms with E-state index in [2.05, 4.69) is 38.1 Å². The Morgan fingerprint density at radius 1 is 0.878 bits per heavy atom. The van der Waals surface area contributed by atoms with Crippen LogP contribution in [-0.2, 0) is 16.0 Å². The molecule has 0 spiro atoms. The molecule has 1 aromatic rings. The van der Waals surface area contributed by atoms with Gasteiger partial charge in [0.15, 0.2) is 0 Å². The largest absolute Gasteiger partial charge is 0.616 e. The lowest BCUT2D eigenvalue weighted by Crippen LogP contribution is -2.56. The zero-order valence-corrected chi connectivity index (χ0v) is 30.2. The molecule has 5 rings (SSSR count). The Balaban J connectivity index is 1.02. The second kappa shape index (κ2) is 16.1. The highest BCUT2D eigenvalue weighted by molar-refractivity contribution is 7.91. The van der Waals surface area contributed by atoms with E-state index in [-0.39, 0.29) is 22.7 Å². The van der Waals surface area contributed by atoms with E-state index in [1.807, 2.05) is 0 Å². The number of ether oxygens (including phenoxy) is 1. The van der Waals surface area contributed by atoms with Gasteiger partial charge in [0.1, 0.15) is 23.0 Å². The molecule has 278 valence electrons. The molecule has 4 saturated carbocycles. The molecule has 9 atom stereocenters. The minimum absolute atomic E-state index is 0.0570. The fraction of sp³-hybridized carbons (Fsp3) is 0.821. The van der Waals surface area contributed by atoms with Crippen LogP contribution >= 0.6 is 0 Å². The summed E-state index contributed by atoms with van der Waals surface area (Å²) < 4.78 is 80.7. The number of halogens is 5. The van der Waals surface area contributed by atoms with Crippen LogP contribution in [0.2, 0.25) is 0 Å². The zero-order chi connectivity index (χ0) is 35.5. The highest BCUT2D eigenvalue weighted by Gasteiger charge is 2.63. The van der Waals surface area contributed by atoms with Gasteiger partial charge in [0, 0.05) is 19.3 Å². The van der Waals surface area contributed by atoms with E-state index >= 15 is 0 Å². The maximum atomic E-state index is 13.0. The number of alkyl halides is 5. The third-order valence-corrected chi connectivity index (χ3v) is 14.7. The van der Waals surface area contributed by atoms with Gasteiger partial charge >= 0.3 is 12.1 Å². The predicted octanol–water partition coefficient (Wildman–Crippen LogP) is 10.2. The van der Waals surface area contributed by atoms with Crippen LogP contribution in [0.15, 0.2) is 24.3 Å². The third-order valence-electron chi connectivity index (χ3n) is 13.3. The van der Waals surface area contributed by atoms with Crippen LogP contribution in [0.5, 0.6) is 5.75 Å². The molecular formula is C39H57F5O4S. The first kappa shape index (κ1) is 38.8. The van der Waals surface area contributed by atoms with Crippen LogP contribution in [0.4, 0.5) is 22.0 Å². The van der Waals surface area contributed by atoms with Gasteiger partial charge in [-0.1, -0.05) is 62.8 Å². The van der Waals surface area contributed by atoms with Crippen molar-refractivity contribution in [3.05, 3.63) is 29.8 Å². The molecule has 4 nitrogen and oxygen atoms in total. The number of hydrogen-bond acceptors (Lipinski definition) is 4. The van der Waals surface area contributed by atoms with Gasteiger partial charge in [-0.05, 0) is 122 Å². The molecule has 0 aliphatic heterocycles. The Labute approximate surface area is 292 Å². The summed E-state index contributed by atoms with van der Waals surface area (Å²) in [6.45, 7) is 5.45. The van der Waals surface area contributed by atoms with Gasteiger partial charge in [-0.2, -0.15) is 22.0 Å². The number of unbranched alkanes of at least 4 members (excludes halogenated alkanes) is 6. The lowest BCUT2D eigenvalue weighted by molar-refractivity contribution is -0.284. The maximum absolute atomic E-state index is 13.0. The molecule has 1 aromatic carbocycles. The van der Waals surface area contributed by atoms with E-state index in [0.717, 1.165) is 82.8 Å². The smallest absolute Gasteiger partial charge is 0.453 e. The Hall–Kier alpha value is -1.39. The Morgan fingerprint density at radius 2 is 1.53 bits per heavy atom. The minimum Gasteiger partial charge on any atom is -0.616 e. The van der Waals surface area contributed by atoms with Crippen molar-refractivity contribution in [2.45, 2.75) is 147 Å². The molecule has 0 radical (unpaired) electrons. The second-order valence-corrected chi connectivity index (χ2v) is 18.0. The molecule has 4 fully saturated rings. The zero-order valence-electron chi connectivity index (χ0n) is 29.4. The number of aliphatic hydroxyl groups excluding tert-OH is 1. The van der Waals surface area contributed by atoms with Crippen molar-refractivity contribution in [3.8, 4) is 5.75 Å². The minimum atomic E-state index is -5.55. The van der Waals surface area contributed by atoms with Crippen molar-refractivity contribution in [1.29, 1.82) is 0 Å². The molecule has 4 unspecified atom stereocenters. The Morgan fingerprint density at radius 3 is 2.22 bits per heavy atom. The summed E-state index contributed by atoms with van der Waals surface area (Å²) in [4.78, 5) is 12.5. The number of benzene rings is 1. The highest BCUT2D eigenvalue weighted by atomic mass is 32.2. The van der Waals surface area contributed by atoms with Crippen LogP contribution in [0.1, 0.15) is 134 Å². The van der Waals surface area contributed by atoms with Crippen molar-refractivity contribution in [2.75, 3.05) is 18.1 Å². The van der Waals surface area contributed by atoms with E-state index < -0.39 is 36.1 Å². The van der Waals surface area contributed by atoms with Crippen molar-refractivity contribution in [1.82, 2.24) is 0 Å². The molecule has 49 heavy (non-hydrogen) atoms. The molecule has 0 heterocycles. The van der Waals surface area contributed by atoms with E-state index in [0.29, 0.717) is 60.6 Å². The number of fused-ring (bicyclic) bond motifs is 5. The molecule has 4 aliphatic carbocycles. The number of ketones is 1. The van der Waals surface area contributed by atoms with Crippen molar-refractivity contribution in [2.24, 2.45) is 34.5 Å². The predicted molar refractivity (Wildman–Crippen MR) is 183 cm³/mol. The average Bonchev–Trinajstić information content (AvgIpc) is 3.35. The third kappa shape index (κ3) is 8.81. The summed E-state index contributed by atoms with van der Waals surface area (Å²) >= 11 is -1.36. The summed E-state index contributed by atoms with van der Waals surface area (Å²) in [5.41, 5.74) is 1.44. The number of carbonyl (C=O) groups is 1. The highest BCUT2D eigenvalue weighted by Crippen LogP contribution is 2.69. The summed E-state index contributed by atoms with van der Waals surface area (Å²) in [5.74, 6) is -0.671. The molecule has 0 aromatic heterocycles. The van der Waals surface area contributed by atoms with Crippen molar-refractivity contribution >= 4 is 17.0 Å². The summed E-state index contributed by atoms with van der Waals surface area (Å²) in [7, 11) is 0. The fourth-order valence-corrected chi connectivity index (χ4v) is 11.7. The molecule has 0 amide bonds. The first-order valence-corrected chi connectivity index (χ1v) is 20.4. The van der Waals surface area contributed by atoms with Gasteiger partial charge in [-0.15, -0.1) is 0 Å². The molecule has 0 saturated heterocycles. The molecule has 10 heteroatoms. The Kier molecular flexibility index (Phi) is 12.8. The van der Waals surface area contributed by atoms with Crippen molar-refractivity contribution < 1.29 is 41.1 Å². The lowest BCUT2D eigenvalue weighted by Gasteiger charge is -2.62. The van der Waals surface area contributed by atoms with Gasteiger partial charge in [0.2, 0.25) is 0 Å².